The van der Waals surface area contributed by atoms with E-state index < -0.39 is 0 Å². The van der Waals surface area contributed by atoms with Crippen LogP contribution in [0.2, 0.25) is 0 Å². The first-order valence-corrected chi connectivity index (χ1v) is 4.95. The van der Waals surface area contributed by atoms with E-state index in [-0.39, 0.29) is 0 Å². The van der Waals surface area contributed by atoms with Gasteiger partial charge in [0.25, 0.3) is 0 Å². The molecule has 2 saturated heterocycles. The Hall–Kier alpha value is -0.160. The molecule has 4 aliphatic rings. The highest BCUT2D eigenvalue weighted by Gasteiger charge is 2.60. The second-order valence-electron chi connectivity index (χ2n) is 4.63. The molecule has 12 heavy (non-hydrogen) atoms. The van der Waals surface area contributed by atoms with Crippen molar-refractivity contribution in [3.05, 3.63) is 0 Å². The summed E-state index contributed by atoms with van der Waals surface area (Å²) >= 11 is 0. The SMILES string of the molecule is C1[C@@H]2NN[C@@H]3C[C@@H]4NN[C@H]1C4C23. The molecule has 2 heterocycles. The number of hydrogen-bond donors (Lipinski definition) is 4. The van der Waals surface area contributed by atoms with Crippen molar-refractivity contribution in [3.8, 4) is 0 Å². The summed E-state index contributed by atoms with van der Waals surface area (Å²) in [5, 5.41) is 0. The molecule has 0 radical (unpaired) electrons. The molecular weight excluding hydrogens is 152 g/mol. The van der Waals surface area contributed by atoms with Gasteiger partial charge in [0.05, 0.1) is 0 Å². The van der Waals surface area contributed by atoms with Gasteiger partial charge in [0.1, 0.15) is 0 Å². The fraction of sp³-hybridized carbons (Fsp3) is 1.00. The molecule has 4 nitrogen and oxygen atoms in total. The standard InChI is InChI=1S/C8H14N4/c1-3-7-5(11-9-3)2-6-8(7)4(1)10-12-6/h3-12H,1-2H2/t3-,4+,5+,6-,7?,8?. The molecule has 0 aromatic carbocycles. The molecule has 4 fully saturated rings. The van der Waals surface area contributed by atoms with Crippen LogP contribution in [-0.2, 0) is 0 Å². The summed E-state index contributed by atoms with van der Waals surface area (Å²) < 4.78 is 0. The van der Waals surface area contributed by atoms with Gasteiger partial charge < -0.3 is 0 Å². The molecule has 2 saturated carbocycles. The Morgan fingerprint density at radius 1 is 0.583 bits per heavy atom. The molecule has 2 aliphatic carbocycles. The van der Waals surface area contributed by atoms with E-state index in [1.165, 1.54) is 12.8 Å². The zero-order chi connectivity index (χ0) is 7.71. The van der Waals surface area contributed by atoms with Crippen molar-refractivity contribution in [2.45, 2.75) is 37.0 Å². The fourth-order valence-corrected chi connectivity index (χ4v) is 3.86. The quantitative estimate of drug-likeness (QED) is 0.362. The summed E-state index contributed by atoms with van der Waals surface area (Å²) in [6.07, 6.45) is 2.59. The Morgan fingerprint density at radius 3 is 1.25 bits per heavy atom. The second kappa shape index (κ2) is 1.85. The number of hydrogen-bond acceptors (Lipinski definition) is 4. The predicted molar refractivity (Wildman–Crippen MR) is 43.9 cm³/mol. The van der Waals surface area contributed by atoms with E-state index in [1.807, 2.05) is 0 Å². The van der Waals surface area contributed by atoms with Crippen molar-refractivity contribution in [2.24, 2.45) is 11.8 Å². The average molecular weight is 166 g/mol. The van der Waals surface area contributed by atoms with Crippen LogP contribution in [0.5, 0.6) is 0 Å². The fourth-order valence-electron chi connectivity index (χ4n) is 3.86. The highest BCUT2D eigenvalue weighted by Crippen LogP contribution is 2.48. The molecule has 2 unspecified atom stereocenters. The Kier molecular flexibility index (Phi) is 0.972. The smallest absolute Gasteiger partial charge is 0.0275 e. The molecule has 0 bridgehead atoms. The van der Waals surface area contributed by atoms with Gasteiger partial charge in [0.2, 0.25) is 0 Å². The van der Waals surface area contributed by atoms with E-state index >= 15 is 0 Å². The van der Waals surface area contributed by atoms with Crippen LogP contribution in [-0.4, -0.2) is 24.2 Å². The first-order valence-electron chi connectivity index (χ1n) is 4.95. The van der Waals surface area contributed by atoms with Crippen LogP contribution < -0.4 is 21.7 Å². The van der Waals surface area contributed by atoms with Gasteiger partial charge in [-0.3, -0.25) is 21.7 Å². The lowest BCUT2D eigenvalue weighted by atomic mass is 9.94. The van der Waals surface area contributed by atoms with Crippen molar-refractivity contribution >= 4 is 0 Å². The van der Waals surface area contributed by atoms with E-state index in [0.717, 1.165) is 36.0 Å². The third kappa shape index (κ3) is 0.537. The average Bonchev–Trinajstić information content (AvgIpc) is 2.71. The van der Waals surface area contributed by atoms with Gasteiger partial charge >= 0.3 is 0 Å². The van der Waals surface area contributed by atoms with Crippen molar-refractivity contribution in [2.75, 3.05) is 0 Å². The normalized spacial score (nSPS) is 66.0. The maximum absolute atomic E-state index is 3.42. The van der Waals surface area contributed by atoms with Gasteiger partial charge in [-0.1, -0.05) is 0 Å². The van der Waals surface area contributed by atoms with Crippen molar-refractivity contribution < 1.29 is 0 Å². The van der Waals surface area contributed by atoms with Crippen LogP contribution in [0.1, 0.15) is 12.8 Å². The molecule has 2 aliphatic heterocycles. The van der Waals surface area contributed by atoms with Gasteiger partial charge in [-0.05, 0) is 24.7 Å². The Bertz CT molecular complexity index is 187. The molecule has 0 aromatic heterocycles. The third-order valence-electron chi connectivity index (χ3n) is 4.23. The van der Waals surface area contributed by atoms with E-state index in [1.54, 1.807) is 0 Å². The Labute approximate surface area is 71.4 Å². The molecule has 6 atom stereocenters. The third-order valence-corrected chi connectivity index (χ3v) is 4.23. The molecule has 4 heteroatoms. The highest BCUT2D eigenvalue weighted by molar-refractivity contribution is 5.16. The molecule has 4 rings (SSSR count). The van der Waals surface area contributed by atoms with Crippen molar-refractivity contribution in [3.63, 3.8) is 0 Å². The molecular formula is C8H14N4. The molecule has 0 amide bonds. The van der Waals surface area contributed by atoms with Crippen LogP contribution in [0.15, 0.2) is 0 Å². The topological polar surface area (TPSA) is 48.1 Å². The van der Waals surface area contributed by atoms with Crippen molar-refractivity contribution in [1.82, 2.24) is 21.7 Å². The number of hydrazine groups is 2. The summed E-state index contributed by atoms with van der Waals surface area (Å²) in [7, 11) is 0. The van der Waals surface area contributed by atoms with E-state index in [9.17, 15) is 0 Å². The Balaban J connectivity index is 1.80. The molecule has 66 valence electrons. The molecule has 0 spiro atoms. The Morgan fingerprint density at radius 2 is 0.917 bits per heavy atom. The summed E-state index contributed by atoms with van der Waals surface area (Å²) in [6.45, 7) is 0. The van der Waals surface area contributed by atoms with E-state index in [4.69, 9.17) is 0 Å². The second-order valence-corrected chi connectivity index (χ2v) is 4.63. The summed E-state index contributed by atoms with van der Waals surface area (Å²) in [5.74, 6) is 1.78. The van der Waals surface area contributed by atoms with E-state index in [0.29, 0.717) is 0 Å². The van der Waals surface area contributed by atoms with Gasteiger partial charge in [-0.15, -0.1) is 0 Å². The first kappa shape index (κ1) is 6.32. The lowest BCUT2D eigenvalue weighted by Crippen LogP contribution is -2.41. The molecule has 4 N–H and O–H groups in total. The van der Waals surface area contributed by atoms with Crippen LogP contribution in [0.3, 0.4) is 0 Å². The van der Waals surface area contributed by atoms with Gasteiger partial charge in [-0.2, -0.15) is 0 Å². The summed E-state index contributed by atoms with van der Waals surface area (Å²) in [5.41, 5.74) is 13.7. The monoisotopic (exact) mass is 166 g/mol. The lowest BCUT2D eigenvalue weighted by Gasteiger charge is -2.12. The van der Waals surface area contributed by atoms with Crippen LogP contribution >= 0.6 is 0 Å². The minimum atomic E-state index is 0.740. The first-order chi connectivity index (χ1) is 5.93. The zero-order valence-corrected chi connectivity index (χ0v) is 6.88. The van der Waals surface area contributed by atoms with Crippen LogP contribution in [0.25, 0.3) is 0 Å². The highest BCUT2D eigenvalue weighted by atomic mass is 15.5. The minimum absolute atomic E-state index is 0.740. The predicted octanol–water partition coefficient (Wildman–Crippen LogP) is -1.28. The minimum Gasteiger partial charge on any atom is -0.254 e. The van der Waals surface area contributed by atoms with Gasteiger partial charge in [0.15, 0.2) is 0 Å². The van der Waals surface area contributed by atoms with Crippen LogP contribution in [0.4, 0.5) is 0 Å². The van der Waals surface area contributed by atoms with E-state index in [2.05, 4.69) is 21.7 Å². The number of nitrogens with one attached hydrogen (secondary N) is 4. The van der Waals surface area contributed by atoms with Gasteiger partial charge in [0, 0.05) is 24.2 Å². The molecule has 0 aromatic rings. The zero-order valence-electron chi connectivity index (χ0n) is 6.88. The number of rotatable bonds is 0. The summed E-state index contributed by atoms with van der Waals surface area (Å²) in [4.78, 5) is 0. The van der Waals surface area contributed by atoms with Crippen LogP contribution in [0, 0.1) is 11.8 Å². The summed E-state index contributed by atoms with van der Waals surface area (Å²) in [6, 6.07) is 2.96. The lowest BCUT2D eigenvalue weighted by molar-refractivity contribution is 0.412. The van der Waals surface area contributed by atoms with Crippen molar-refractivity contribution in [1.29, 1.82) is 0 Å². The largest absolute Gasteiger partial charge is 0.254 e. The maximum atomic E-state index is 3.42. The maximum Gasteiger partial charge on any atom is 0.0275 e. The van der Waals surface area contributed by atoms with Gasteiger partial charge in [-0.25, -0.2) is 0 Å².